The van der Waals surface area contributed by atoms with Gasteiger partial charge in [-0.05, 0) is 37.4 Å². The van der Waals surface area contributed by atoms with Crippen molar-refractivity contribution in [2.45, 2.75) is 12.8 Å². The van der Waals surface area contributed by atoms with Crippen LogP contribution in [0.15, 0.2) is 24.3 Å². The lowest BCUT2D eigenvalue weighted by Crippen LogP contribution is -2.29. The van der Waals surface area contributed by atoms with Crippen molar-refractivity contribution in [2.75, 3.05) is 18.4 Å². The van der Waals surface area contributed by atoms with E-state index in [-0.39, 0.29) is 11.7 Å². The molecule has 1 saturated carbocycles. The van der Waals surface area contributed by atoms with Crippen molar-refractivity contribution in [1.82, 2.24) is 5.32 Å². The van der Waals surface area contributed by atoms with Crippen LogP contribution in [0.3, 0.4) is 0 Å². The molecule has 86 valence electrons. The Hall–Kier alpha value is -1.55. The Morgan fingerprint density at radius 2 is 2.12 bits per heavy atom. The van der Waals surface area contributed by atoms with E-state index in [4.69, 9.17) is 0 Å². The molecule has 1 aromatic carbocycles. The minimum atomic E-state index is -0.123. The number of amides is 1. The van der Waals surface area contributed by atoms with Crippen LogP contribution >= 0.6 is 0 Å². The van der Waals surface area contributed by atoms with E-state index in [1.807, 2.05) is 0 Å². The summed E-state index contributed by atoms with van der Waals surface area (Å²) in [6.07, 6.45) is 2.54. The summed E-state index contributed by atoms with van der Waals surface area (Å²) >= 11 is 0. The zero-order valence-electron chi connectivity index (χ0n) is 9.07. The maximum atomic E-state index is 11.5. The number of aromatic hydroxyl groups is 1. The third-order valence-electron chi connectivity index (χ3n) is 2.59. The van der Waals surface area contributed by atoms with E-state index in [1.165, 1.54) is 12.8 Å². The van der Waals surface area contributed by atoms with Crippen LogP contribution in [0, 0.1) is 5.92 Å². The van der Waals surface area contributed by atoms with Gasteiger partial charge in [0.15, 0.2) is 0 Å². The fourth-order valence-electron chi connectivity index (χ4n) is 1.49. The largest absolute Gasteiger partial charge is 0.506 e. The Morgan fingerprint density at radius 3 is 2.81 bits per heavy atom. The second-order valence-corrected chi connectivity index (χ2v) is 4.14. The summed E-state index contributed by atoms with van der Waals surface area (Å²) in [6, 6.07) is 6.71. The fourth-order valence-corrected chi connectivity index (χ4v) is 1.49. The molecule has 0 unspecified atom stereocenters. The molecule has 0 saturated heterocycles. The van der Waals surface area contributed by atoms with Crippen molar-refractivity contribution < 1.29 is 9.90 Å². The van der Waals surface area contributed by atoms with E-state index in [2.05, 4.69) is 10.6 Å². The van der Waals surface area contributed by atoms with Gasteiger partial charge in [-0.25, -0.2) is 0 Å². The molecule has 4 heteroatoms. The molecular formula is C12H16N2O2. The molecule has 1 aliphatic carbocycles. The number of rotatable bonds is 5. The van der Waals surface area contributed by atoms with Crippen LogP contribution in [0.4, 0.5) is 5.69 Å². The third kappa shape index (κ3) is 3.24. The van der Waals surface area contributed by atoms with E-state index in [0.29, 0.717) is 12.2 Å². The Kier molecular flexibility index (Phi) is 3.41. The zero-order valence-corrected chi connectivity index (χ0v) is 9.07. The summed E-state index contributed by atoms with van der Waals surface area (Å²) in [7, 11) is 0. The van der Waals surface area contributed by atoms with Gasteiger partial charge in [-0.2, -0.15) is 0 Å². The number of phenols is 1. The summed E-state index contributed by atoms with van der Waals surface area (Å²) in [5.41, 5.74) is 0.459. The molecular weight excluding hydrogens is 204 g/mol. The molecule has 0 atom stereocenters. The Morgan fingerprint density at radius 1 is 1.38 bits per heavy atom. The molecule has 0 spiro atoms. The highest BCUT2D eigenvalue weighted by molar-refractivity contribution is 5.93. The molecule has 1 amide bonds. The molecule has 0 aromatic heterocycles. The van der Waals surface area contributed by atoms with Crippen molar-refractivity contribution in [2.24, 2.45) is 5.92 Å². The van der Waals surface area contributed by atoms with Gasteiger partial charge in [-0.3, -0.25) is 4.79 Å². The lowest BCUT2D eigenvalue weighted by atomic mass is 10.3. The van der Waals surface area contributed by atoms with Gasteiger partial charge in [0.25, 0.3) is 0 Å². The SMILES string of the molecule is O=C(CNCC1CC1)Nc1ccccc1O. The number of para-hydroxylation sites is 2. The van der Waals surface area contributed by atoms with Crippen LogP contribution in [0.5, 0.6) is 5.75 Å². The summed E-state index contributed by atoms with van der Waals surface area (Å²) in [5, 5.41) is 15.2. The standard InChI is InChI=1S/C12H16N2O2/c15-11-4-2-1-3-10(11)14-12(16)8-13-7-9-5-6-9/h1-4,9,13,15H,5-8H2,(H,14,16). The van der Waals surface area contributed by atoms with Crippen molar-refractivity contribution in [3.8, 4) is 5.75 Å². The normalized spacial score (nSPS) is 14.8. The highest BCUT2D eigenvalue weighted by atomic mass is 16.3. The first kappa shape index (κ1) is 11.0. The maximum Gasteiger partial charge on any atom is 0.238 e. The van der Waals surface area contributed by atoms with E-state index in [0.717, 1.165) is 12.5 Å². The Bertz CT molecular complexity index is 375. The van der Waals surface area contributed by atoms with E-state index >= 15 is 0 Å². The van der Waals surface area contributed by atoms with E-state index < -0.39 is 0 Å². The molecule has 16 heavy (non-hydrogen) atoms. The molecule has 0 heterocycles. The van der Waals surface area contributed by atoms with Gasteiger partial charge in [0.1, 0.15) is 5.75 Å². The Labute approximate surface area is 94.7 Å². The minimum Gasteiger partial charge on any atom is -0.506 e. The molecule has 1 fully saturated rings. The summed E-state index contributed by atoms with van der Waals surface area (Å²) < 4.78 is 0. The van der Waals surface area contributed by atoms with Crippen LogP contribution in [0.2, 0.25) is 0 Å². The third-order valence-corrected chi connectivity index (χ3v) is 2.59. The summed E-state index contributed by atoms with van der Waals surface area (Å²) in [5.74, 6) is 0.734. The number of hydrogen-bond acceptors (Lipinski definition) is 3. The van der Waals surface area contributed by atoms with Crippen molar-refractivity contribution in [1.29, 1.82) is 0 Å². The second-order valence-electron chi connectivity index (χ2n) is 4.14. The summed E-state index contributed by atoms with van der Waals surface area (Å²) in [4.78, 5) is 11.5. The second kappa shape index (κ2) is 4.99. The molecule has 2 rings (SSSR count). The molecule has 4 nitrogen and oxygen atoms in total. The van der Waals surface area contributed by atoms with Gasteiger partial charge in [-0.1, -0.05) is 12.1 Å². The van der Waals surface area contributed by atoms with Crippen LogP contribution in [0.1, 0.15) is 12.8 Å². The fraction of sp³-hybridized carbons (Fsp3) is 0.417. The number of carbonyl (C=O) groups is 1. The van der Waals surface area contributed by atoms with Gasteiger partial charge in [-0.15, -0.1) is 0 Å². The van der Waals surface area contributed by atoms with Crippen molar-refractivity contribution >= 4 is 11.6 Å². The van der Waals surface area contributed by atoms with Gasteiger partial charge in [0, 0.05) is 0 Å². The zero-order chi connectivity index (χ0) is 11.4. The Balaban J connectivity index is 1.75. The summed E-state index contributed by atoms with van der Waals surface area (Å²) in [6.45, 7) is 1.21. The number of benzene rings is 1. The molecule has 3 N–H and O–H groups in total. The van der Waals surface area contributed by atoms with Crippen LogP contribution in [-0.2, 0) is 4.79 Å². The molecule has 0 bridgehead atoms. The quantitative estimate of drug-likeness (QED) is 0.656. The number of anilines is 1. The van der Waals surface area contributed by atoms with Crippen LogP contribution in [0.25, 0.3) is 0 Å². The predicted octanol–water partition coefficient (Wildman–Crippen LogP) is 1.33. The number of phenolic OH excluding ortho intramolecular Hbond substituents is 1. The number of hydrogen-bond donors (Lipinski definition) is 3. The molecule has 1 aromatic rings. The van der Waals surface area contributed by atoms with Gasteiger partial charge in [0.05, 0.1) is 12.2 Å². The maximum absolute atomic E-state index is 11.5. The van der Waals surface area contributed by atoms with E-state index in [9.17, 15) is 9.90 Å². The monoisotopic (exact) mass is 220 g/mol. The average Bonchev–Trinajstić information content (AvgIpc) is 3.05. The van der Waals surface area contributed by atoms with Gasteiger partial charge >= 0.3 is 0 Å². The van der Waals surface area contributed by atoms with Crippen LogP contribution < -0.4 is 10.6 Å². The number of carbonyl (C=O) groups excluding carboxylic acids is 1. The number of nitrogens with one attached hydrogen (secondary N) is 2. The van der Waals surface area contributed by atoms with Gasteiger partial charge in [0.2, 0.25) is 5.91 Å². The first-order valence-corrected chi connectivity index (χ1v) is 5.54. The van der Waals surface area contributed by atoms with Crippen molar-refractivity contribution in [3.63, 3.8) is 0 Å². The predicted molar refractivity (Wildman–Crippen MR) is 62.3 cm³/mol. The molecule has 0 radical (unpaired) electrons. The topological polar surface area (TPSA) is 61.4 Å². The average molecular weight is 220 g/mol. The van der Waals surface area contributed by atoms with Gasteiger partial charge < -0.3 is 15.7 Å². The van der Waals surface area contributed by atoms with Crippen molar-refractivity contribution in [3.05, 3.63) is 24.3 Å². The van der Waals surface area contributed by atoms with Crippen LogP contribution in [-0.4, -0.2) is 24.1 Å². The lowest BCUT2D eigenvalue weighted by Gasteiger charge is -2.07. The molecule has 1 aliphatic rings. The lowest BCUT2D eigenvalue weighted by molar-refractivity contribution is -0.115. The smallest absolute Gasteiger partial charge is 0.238 e. The highest BCUT2D eigenvalue weighted by Gasteiger charge is 2.20. The molecule has 0 aliphatic heterocycles. The first-order valence-electron chi connectivity index (χ1n) is 5.54. The first-order chi connectivity index (χ1) is 7.75. The van der Waals surface area contributed by atoms with E-state index in [1.54, 1.807) is 24.3 Å². The minimum absolute atomic E-state index is 0.0954. The highest BCUT2D eigenvalue weighted by Crippen LogP contribution is 2.27.